The van der Waals surface area contributed by atoms with Gasteiger partial charge in [-0.05, 0) is 70.4 Å². The molecule has 1 N–H and O–H groups in total. The zero-order valence-corrected chi connectivity index (χ0v) is 13.6. The first-order chi connectivity index (χ1) is 10.3. The van der Waals surface area contributed by atoms with Crippen LogP contribution in [0, 0.1) is 17.2 Å². The Morgan fingerprint density at radius 1 is 1.19 bits per heavy atom. The highest BCUT2D eigenvalue weighted by atomic mass is 15.2. The predicted octanol–water partition coefficient (Wildman–Crippen LogP) is 3.46. The van der Waals surface area contributed by atoms with Crippen molar-refractivity contribution in [3.8, 4) is 6.07 Å². The molecule has 3 fully saturated rings. The molecular weight excluding hydrogens is 258 g/mol. The summed E-state index contributed by atoms with van der Waals surface area (Å²) in [6, 6.07) is 4.08. The molecule has 0 bridgehead atoms. The Bertz CT molecular complexity index is 384. The van der Waals surface area contributed by atoms with Gasteiger partial charge in [0.2, 0.25) is 0 Å². The molecule has 3 rings (SSSR count). The molecule has 3 heteroatoms. The van der Waals surface area contributed by atoms with Crippen LogP contribution in [-0.4, -0.2) is 35.6 Å². The molecular formula is C18H31N3. The number of hydrogen-bond donors (Lipinski definition) is 1. The zero-order chi connectivity index (χ0) is 14.7. The van der Waals surface area contributed by atoms with Crippen molar-refractivity contribution in [3.63, 3.8) is 0 Å². The van der Waals surface area contributed by atoms with Crippen LogP contribution in [0.2, 0.25) is 0 Å². The average Bonchev–Trinajstić information content (AvgIpc) is 3.25. The van der Waals surface area contributed by atoms with E-state index in [0.29, 0.717) is 6.04 Å². The first kappa shape index (κ1) is 15.3. The summed E-state index contributed by atoms with van der Waals surface area (Å²) in [6.07, 6.45) is 12.8. The molecule has 0 aromatic rings. The van der Waals surface area contributed by atoms with Crippen LogP contribution in [-0.2, 0) is 0 Å². The van der Waals surface area contributed by atoms with Crippen LogP contribution in [0.1, 0.15) is 71.1 Å². The van der Waals surface area contributed by atoms with Crippen LogP contribution < -0.4 is 5.32 Å². The van der Waals surface area contributed by atoms with E-state index in [-0.39, 0.29) is 5.54 Å². The fraction of sp³-hybridized carbons (Fsp3) is 0.944. The van der Waals surface area contributed by atoms with E-state index < -0.39 is 0 Å². The molecule has 0 amide bonds. The predicted molar refractivity (Wildman–Crippen MR) is 86.0 cm³/mol. The van der Waals surface area contributed by atoms with Gasteiger partial charge in [0.15, 0.2) is 0 Å². The molecule has 2 saturated carbocycles. The number of likely N-dealkylation sites (tertiary alicyclic amines) is 1. The van der Waals surface area contributed by atoms with Crippen LogP contribution in [0.15, 0.2) is 0 Å². The molecule has 2 aliphatic carbocycles. The van der Waals surface area contributed by atoms with Gasteiger partial charge in [0, 0.05) is 12.1 Å². The average molecular weight is 289 g/mol. The van der Waals surface area contributed by atoms with E-state index in [4.69, 9.17) is 0 Å². The van der Waals surface area contributed by atoms with Crippen LogP contribution in [0.3, 0.4) is 0 Å². The summed E-state index contributed by atoms with van der Waals surface area (Å²) < 4.78 is 0. The lowest BCUT2D eigenvalue weighted by Gasteiger charge is -2.33. The van der Waals surface area contributed by atoms with E-state index >= 15 is 0 Å². The molecule has 3 aliphatic rings. The zero-order valence-electron chi connectivity index (χ0n) is 13.6. The van der Waals surface area contributed by atoms with Gasteiger partial charge in [0.1, 0.15) is 5.54 Å². The highest BCUT2D eigenvalue weighted by Gasteiger charge is 2.37. The Kier molecular flexibility index (Phi) is 4.86. The second-order valence-corrected chi connectivity index (χ2v) is 7.51. The fourth-order valence-electron chi connectivity index (χ4n) is 4.50. The topological polar surface area (TPSA) is 39.1 Å². The van der Waals surface area contributed by atoms with Crippen molar-refractivity contribution >= 4 is 0 Å². The van der Waals surface area contributed by atoms with Crippen molar-refractivity contribution in [2.45, 2.75) is 88.8 Å². The number of fused-ring (bicyclic) bond motifs is 1. The lowest BCUT2D eigenvalue weighted by atomic mass is 9.85. The lowest BCUT2D eigenvalue weighted by Crippen LogP contribution is -2.45. The van der Waals surface area contributed by atoms with Crippen molar-refractivity contribution < 1.29 is 0 Å². The third kappa shape index (κ3) is 3.60. The minimum atomic E-state index is -0.257. The summed E-state index contributed by atoms with van der Waals surface area (Å²) in [6.45, 7) is 4.67. The highest BCUT2D eigenvalue weighted by molar-refractivity contribution is 5.09. The van der Waals surface area contributed by atoms with Crippen LogP contribution in [0.5, 0.6) is 0 Å². The summed E-state index contributed by atoms with van der Waals surface area (Å²) in [7, 11) is 0. The molecule has 0 aromatic heterocycles. The summed E-state index contributed by atoms with van der Waals surface area (Å²) in [4.78, 5) is 2.73. The Morgan fingerprint density at radius 3 is 2.71 bits per heavy atom. The monoisotopic (exact) mass is 289 g/mol. The van der Waals surface area contributed by atoms with E-state index in [0.717, 1.165) is 24.8 Å². The molecule has 0 spiro atoms. The van der Waals surface area contributed by atoms with Gasteiger partial charge in [-0.15, -0.1) is 0 Å². The van der Waals surface area contributed by atoms with Gasteiger partial charge in [-0.2, -0.15) is 5.26 Å². The Hall–Kier alpha value is -0.590. The third-order valence-corrected chi connectivity index (χ3v) is 6.05. The summed E-state index contributed by atoms with van der Waals surface area (Å²) in [5.41, 5.74) is -0.257. The Balaban J connectivity index is 1.47. The van der Waals surface area contributed by atoms with Gasteiger partial charge in [-0.25, -0.2) is 0 Å². The van der Waals surface area contributed by atoms with Gasteiger partial charge >= 0.3 is 0 Å². The standard InChI is InChI=1S/C18H31N3/c1-2-18(14-19,20-16-8-9-16)11-5-12-21-13-10-15-6-3-4-7-17(15)21/h15-17,20H,2-13H2,1H3. The van der Waals surface area contributed by atoms with Crippen molar-refractivity contribution in [2.75, 3.05) is 13.1 Å². The van der Waals surface area contributed by atoms with Gasteiger partial charge < -0.3 is 4.90 Å². The van der Waals surface area contributed by atoms with Gasteiger partial charge in [-0.3, -0.25) is 5.32 Å². The van der Waals surface area contributed by atoms with Crippen molar-refractivity contribution in [3.05, 3.63) is 0 Å². The smallest absolute Gasteiger partial charge is 0.106 e. The molecule has 0 aromatic carbocycles. The fourth-order valence-corrected chi connectivity index (χ4v) is 4.50. The SMILES string of the molecule is CCC(C#N)(CCCN1CCC2CCCCC21)NC1CC1. The van der Waals surface area contributed by atoms with Crippen molar-refractivity contribution in [2.24, 2.45) is 5.92 Å². The molecule has 1 aliphatic heterocycles. The number of nitrogens with zero attached hydrogens (tertiary/aromatic N) is 2. The molecule has 3 atom stereocenters. The maximum absolute atomic E-state index is 9.61. The first-order valence-electron chi connectivity index (χ1n) is 9.19. The second kappa shape index (κ2) is 6.67. The third-order valence-electron chi connectivity index (χ3n) is 6.05. The van der Waals surface area contributed by atoms with Gasteiger partial charge in [0.25, 0.3) is 0 Å². The molecule has 1 saturated heterocycles. The summed E-state index contributed by atoms with van der Waals surface area (Å²) >= 11 is 0. The molecule has 3 unspecified atom stereocenters. The van der Waals surface area contributed by atoms with Crippen molar-refractivity contribution in [1.82, 2.24) is 10.2 Å². The maximum atomic E-state index is 9.61. The molecule has 3 nitrogen and oxygen atoms in total. The van der Waals surface area contributed by atoms with Gasteiger partial charge in [0.05, 0.1) is 6.07 Å². The maximum Gasteiger partial charge on any atom is 0.106 e. The van der Waals surface area contributed by atoms with E-state index in [2.05, 4.69) is 23.2 Å². The largest absolute Gasteiger partial charge is 0.300 e. The van der Waals surface area contributed by atoms with E-state index in [9.17, 15) is 5.26 Å². The minimum Gasteiger partial charge on any atom is -0.300 e. The van der Waals surface area contributed by atoms with Crippen LogP contribution >= 0.6 is 0 Å². The molecule has 118 valence electrons. The van der Waals surface area contributed by atoms with E-state index in [1.165, 1.54) is 64.5 Å². The number of nitrogens with one attached hydrogen (secondary N) is 1. The number of hydrogen-bond acceptors (Lipinski definition) is 3. The molecule has 21 heavy (non-hydrogen) atoms. The van der Waals surface area contributed by atoms with Crippen LogP contribution in [0.4, 0.5) is 0 Å². The normalized spacial score (nSPS) is 32.4. The number of rotatable bonds is 7. The first-order valence-corrected chi connectivity index (χ1v) is 9.19. The highest BCUT2D eigenvalue weighted by Crippen LogP contribution is 2.36. The lowest BCUT2D eigenvalue weighted by molar-refractivity contribution is 0.175. The number of nitriles is 1. The van der Waals surface area contributed by atoms with Crippen LogP contribution in [0.25, 0.3) is 0 Å². The van der Waals surface area contributed by atoms with E-state index in [1.54, 1.807) is 0 Å². The second-order valence-electron chi connectivity index (χ2n) is 7.51. The Labute approximate surface area is 130 Å². The van der Waals surface area contributed by atoms with Gasteiger partial charge in [-0.1, -0.05) is 19.8 Å². The molecule has 0 radical (unpaired) electrons. The van der Waals surface area contributed by atoms with Crippen molar-refractivity contribution in [1.29, 1.82) is 5.26 Å². The molecule has 1 heterocycles. The Morgan fingerprint density at radius 2 is 2.00 bits per heavy atom. The van der Waals surface area contributed by atoms with E-state index in [1.807, 2.05) is 0 Å². The quantitative estimate of drug-likeness (QED) is 0.780. The summed E-state index contributed by atoms with van der Waals surface area (Å²) in [5.74, 6) is 0.982. The summed E-state index contributed by atoms with van der Waals surface area (Å²) in [5, 5.41) is 13.2. The minimum absolute atomic E-state index is 0.257.